The quantitative estimate of drug-likeness (QED) is 0.716. The van der Waals surface area contributed by atoms with Crippen LogP contribution in [0.1, 0.15) is 49.7 Å². The minimum absolute atomic E-state index is 0.267. The molecule has 0 aromatic heterocycles. The van der Waals surface area contributed by atoms with Gasteiger partial charge in [-0.15, -0.1) is 11.6 Å². The molecule has 21 heavy (non-hydrogen) atoms. The summed E-state index contributed by atoms with van der Waals surface area (Å²) in [4.78, 5) is 14.6. The van der Waals surface area contributed by atoms with Gasteiger partial charge in [0.25, 0.3) is 0 Å². The lowest BCUT2D eigenvalue weighted by Gasteiger charge is -2.34. The molecule has 2 rings (SSSR count). The second kappa shape index (κ2) is 8.43. The minimum Gasteiger partial charge on any atom is -0.339 e. The summed E-state index contributed by atoms with van der Waals surface area (Å²) in [7, 11) is 0. The molecular formula is C18H26ClNO. The van der Waals surface area contributed by atoms with Crippen LogP contribution in [0, 0.1) is 6.92 Å². The molecule has 0 heterocycles. The average molecular weight is 308 g/mol. The van der Waals surface area contributed by atoms with Crippen LogP contribution >= 0.6 is 11.6 Å². The number of nitrogens with zero attached hydrogens (tertiary/aromatic N) is 1. The van der Waals surface area contributed by atoms with Gasteiger partial charge in [0, 0.05) is 24.9 Å². The summed E-state index contributed by atoms with van der Waals surface area (Å²) in [5, 5.41) is 0. The van der Waals surface area contributed by atoms with Gasteiger partial charge in [0.2, 0.25) is 5.91 Å². The maximum atomic E-state index is 12.5. The van der Waals surface area contributed by atoms with Crippen molar-refractivity contribution in [1.29, 1.82) is 0 Å². The average Bonchev–Trinajstić information content (AvgIpc) is 2.52. The number of carbonyl (C=O) groups is 1. The highest BCUT2D eigenvalue weighted by Crippen LogP contribution is 2.23. The van der Waals surface area contributed by atoms with Crippen LogP contribution in [-0.2, 0) is 11.2 Å². The summed E-state index contributed by atoms with van der Waals surface area (Å²) in [5.41, 5.74) is 2.50. The van der Waals surface area contributed by atoms with Crippen LogP contribution in [0.15, 0.2) is 24.3 Å². The molecule has 0 bridgehead atoms. The predicted molar refractivity (Wildman–Crippen MR) is 88.8 cm³/mol. The summed E-state index contributed by atoms with van der Waals surface area (Å²) < 4.78 is 0. The van der Waals surface area contributed by atoms with Crippen LogP contribution in [0.25, 0.3) is 0 Å². The molecule has 1 aromatic carbocycles. The van der Waals surface area contributed by atoms with E-state index < -0.39 is 0 Å². The van der Waals surface area contributed by atoms with Crippen molar-refractivity contribution in [1.82, 2.24) is 4.90 Å². The number of halogens is 1. The van der Waals surface area contributed by atoms with Gasteiger partial charge in [-0.25, -0.2) is 0 Å². The molecule has 0 radical (unpaired) electrons. The molecule has 1 aliphatic carbocycles. The number of amides is 1. The highest BCUT2D eigenvalue weighted by atomic mass is 35.5. The van der Waals surface area contributed by atoms with E-state index in [1.807, 2.05) is 4.90 Å². The third-order valence-electron chi connectivity index (χ3n) is 4.41. The zero-order valence-electron chi connectivity index (χ0n) is 13.0. The van der Waals surface area contributed by atoms with Gasteiger partial charge >= 0.3 is 0 Å². The maximum absolute atomic E-state index is 12.5. The van der Waals surface area contributed by atoms with Gasteiger partial charge in [-0.05, 0) is 31.7 Å². The Hall–Kier alpha value is -1.02. The number of hydrogen-bond donors (Lipinski definition) is 0. The van der Waals surface area contributed by atoms with Gasteiger partial charge in [-0.3, -0.25) is 4.79 Å². The zero-order chi connectivity index (χ0) is 15.1. The summed E-state index contributed by atoms with van der Waals surface area (Å²) in [5.74, 6) is 0.801. The van der Waals surface area contributed by atoms with E-state index in [9.17, 15) is 4.79 Å². The first kappa shape index (κ1) is 16.4. The highest BCUT2D eigenvalue weighted by molar-refractivity contribution is 6.18. The molecule has 0 atom stereocenters. The lowest BCUT2D eigenvalue weighted by Crippen LogP contribution is -2.42. The zero-order valence-corrected chi connectivity index (χ0v) is 13.7. The van der Waals surface area contributed by atoms with E-state index in [1.54, 1.807) is 0 Å². The maximum Gasteiger partial charge on any atom is 0.223 e. The van der Waals surface area contributed by atoms with E-state index in [1.165, 1.54) is 30.4 Å². The van der Waals surface area contributed by atoms with E-state index in [2.05, 4.69) is 31.2 Å². The first-order chi connectivity index (χ1) is 10.2. The molecule has 1 saturated carbocycles. The molecular weight excluding hydrogens is 282 g/mol. The van der Waals surface area contributed by atoms with Gasteiger partial charge in [-0.2, -0.15) is 0 Å². The van der Waals surface area contributed by atoms with E-state index in [0.29, 0.717) is 24.9 Å². The van der Waals surface area contributed by atoms with Gasteiger partial charge in [0.1, 0.15) is 0 Å². The van der Waals surface area contributed by atoms with Gasteiger partial charge in [0.05, 0.1) is 0 Å². The van der Waals surface area contributed by atoms with Crippen LogP contribution < -0.4 is 0 Å². The Morgan fingerprint density at radius 3 is 2.48 bits per heavy atom. The van der Waals surface area contributed by atoms with Crippen LogP contribution in [0.5, 0.6) is 0 Å². The van der Waals surface area contributed by atoms with Crippen LogP contribution in [0.2, 0.25) is 0 Å². The lowest BCUT2D eigenvalue weighted by atomic mass is 9.93. The molecule has 0 unspecified atom stereocenters. The second-order valence-electron chi connectivity index (χ2n) is 6.05. The monoisotopic (exact) mass is 307 g/mol. The van der Waals surface area contributed by atoms with Crippen molar-refractivity contribution in [2.24, 2.45) is 0 Å². The van der Waals surface area contributed by atoms with Crippen LogP contribution in [-0.4, -0.2) is 29.3 Å². The topological polar surface area (TPSA) is 20.3 Å². The summed E-state index contributed by atoms with van der Waals surface area (Å²) in [6, 6.07) is 8.88. The number of carbonyl (C=O) groups excluding carboxylic acids is 1. The molecule has 0 aliphatic heterocycles. The summed E-state index contributed by atoms with van der Waals surface area (Å²) in [6.45, 7) is 2.78. The molecule has 116 valence electrons. The van der Waals surface area contributed by atoms with Crippen molar-refractivity contribution in [3.05, 3.63) is 35.4 Å². The van der Waals surface area contributed by atoms with E-state index >= 15 is 0 Å². The normalized spacial score (nSPS) is 15.9. The Labute approximate surface area is 133 Å². The molecule has 2 nitrogen and oxygen atoms in total. The third kappa shape index (κ3) is 5.03. The minimum atomic E-state index is 0.267. The number of aryl methyl sites for hydroxylation is 2. The fourth-order valence-corrected chi connectivity index (χ4v) is 3.33. The highest BCUT2D eigenvalue weighted by Gasteiger charge is 2.24. The molecule has 3 heteroatoms. The Morgan fingerprint density at radius 1 is 1.19 bits per heavy atom. The van der Waals surface area contributed by atoms with E-state index in [4.69, 9.17) is 11.6 Å². The van der Waals surface area contributed by atoms with Crippen LogP contribution in [0.4, 0.5) is 0 Å². The number of rotatable bonds is 6. The van der Waals surface area contributed by atoms with Crippen molar-refractivity contribution in [3.63, 3.8) is 0 Å². The molecule has 1 fully saturated rings. The van der Waals surface area contributed by atoms with E-state index in [-0.39, 0.29) is 5.91 Å². The lowest BCUT2D eigenvalue weighted by molar-refractivity contribution is -0.133. The van der Waals surface area contributed by atoms with Gasteiger partial charge in [0.15, 0.2) is 0 Å². The van der Waals surface area contributed by atoms with Crippen molar-refractivity contribution < 1.29 is 4.79 Å². The first-order valence-electron chi connectivity index (χ1n) is 8.11. The Balaban J connectivity index is 1.89. The Bertz CT molecular complexity index is 437. The van der Waals surface area contributed by atoms with Crippen molar-refractivity contribution in [2.75, 3.05) is 12.4 Å². The molecule has 0 saturated heterocycles. The Morgan fingerprint density at radius 2 is 1.86 bits per heavy atom. The molecule has 0 spiro atoms. The third-order valence-corrected chi connectivity index (χ3v) is 4.58. The smallest absolute Gasteiger partial charge is 0.223 e. The summed E-state index contributed by atoms with van der Waals surface area (Å²) in [6.07, 6.45) is 7.51. The number of alkyl halides is 1. The molecule has 0 N–H and O–H groups in total. The van der Waals surface area contributed by atoms with Crippen molar-refractivity contribution in [3.8, 4) is 0 Å². The Kier molecular flexibility index (Phi) is 6.56. The SMILES string of the molecule is Cc1ccc(CCC(=O)N(CCCl)C2CCCCC2)cc1. The van der Waals surface area contributed by atoms with Crippen molar-refractivity contribution in [2.45, 2.75) is 57.9 Å². The molecule has 1 aliphatic rings. The number of benzene rings is 1. The van der Waals surface area contributed by atoms with E-state index in [0.717, 1.165) is 19.3 Å². The molecule has 1 amide bonds. The fraction of sp³-hybridized carbons (Fsp3) is 0.611. The van der Waals surface area contributed by atoms with Crippen molar-refractivity contribution >= 4 is 17.5 Å². The largest absolute Gasteiger partial charge is 0.339 e. The first-order valence-corrected chi connectivity index (χ1v) is 8.65. The number of hydrogen-bond acceptors (Lipinski definition) is 1. The van der Waals surface area contributed by atoms with Gasteiger partial charge < -0.3 is 4.90 Å². The summed E-state index contributed by atoms with van der Waals surface area (Å²) >= 11 is 5.90. The fourth-order valence-electron chi connectivity index (χ4n) is 3.14. The predicted octanol–water partition coefficient (Wildman–Crippen LogP) is 4.33. The van der Waals surface area contributed by atoms with Crippen LogP contribution in [0.3, 0.4) is 0 Å². The second-order valence-corrected chi connectivity index (χ2v) is 6.43. The van der Waals surface area contributed by atoms with Gasteiger partial charge in [-0.1, -0.05) is 49.1 Å². The standard InChI is InChI=1S/C18H26ClNO/c1-15-7-9-16(10-8-15)11-12-18(21)20(14-13-19)17-5-3-2-4-6-17/h7-10,17H,2-6,11-14H2,1H3. The molecule has 1 aromatic rings.